The quantitative estimate of drug-likeness (QED) is 0.386. The Morgan fingerprint density at radius 3 is 2.07 bits per heavy atom. The highest BCUT2D eigenvalue weighted by molar-refractivity contribution is 14.1. The van der Waals surface area contributed by atoms with E-state index in [2.05, 4.69) is 46.9 Å². The van der Waals surface area contributed by atoms with E-state index in [1.165, 1.54) is 47.2 Å². The summed E-state index contributed by atoms with van der Waals surface area (Å²) in [5.41, 5.74) is 2.33. The Hall–Kier alpha value is -1.000. The molecule has 1 heterocycles. The monoisotopic (exact) mass is 503 g/mol. The molecule has 0 amide bonds. The first-order valence-corrected chi connectivity index (χ1v) is 11.5. The highest BCUT2D eigenvalue weighted by atomic mass is 127. The molecule has 0 unspecified atom stereocenters. The molecule has 1 aliphatic heterocycles. The SMILES string of the molecule is Cc1ccc(S(=O)(=O)[O-])cc1.OCC[N+]1(Cc2ccc(I)cc2)CCCC1. The van der Waals surface area contributed by atoms with Gasteiger partial charge in [-0.2, -0.15) is 0 Å². The molecule has 0 saturated carbocycles. The largest absolute Gasteiger partial charge is 0.744 e. The average Bonchev–Trinajstić information content (AvgIpc) is 3.06. The van der Waals surface area contributed by atoms with Gasteiger partial charge in [0.05, 0.1) is 24.6 Å². The number of aliphatic hydroxyl groups excluding tert-OH is 1. The van der Waals surface area contributed by atoms with Crippen LogP contribution in [-0.4, -0.2) is 48.8 Å². The third-order valence-electron chi connectivity index (χ3n) is 4.83. The number of rotatable bonds is 5. The fraction of sp³-hybridized carbons (Fsp3) is 0.400. The molecule has 0 aliphatic carbocycles. The van der Waals surface area contributed by atoms with Crippen molar-refractivity contribution in [1.82, 2.24) is 0 Å². The Bertz CT molecular complexity index is 814. The maximum Gasteiger partial charge on any atom is 0.124 e. The molecule has 2 aromatic carbocycles. The van der Waals surface area contributed by atoms with Crippen molar-refractivity contribution in [1.29, 1.82) is 0 Å². The minimum Gasteiger partial charge on any atom is -0.744 e. The highest BCUT2D eigenvalue weighted by Crippen LogP contribution is 2.23. The molecular weight excluding hydrogens is 477 g/mol. The molecule has 1 N–H and O–H groups in total. The first-order valence-electron chi connectivity index (χ1n) is 8.97. The fourth-order valence-electron chi connectivity index (χ4n) is 3.36. The second kappa shape index (κ2) is 9.97. The Balaban J connectivity index is 0.000000208. The zero-order valence-electron chi connectivity index (χ0n) is 15.5. The van der Waals surface area contributed by atoms with Gasteiger partial charge in [-0.15, -0.1) is 0 Å². The molecule has 1 fully saturated rings. The summed E-state index contributed by atoms with van der Waals surface area (Å²) < 4.78 is 33.5. The molecule has 27 heavy (non-hydrogen) atoms. The highest BCUT2D eigenvalue weighted by Gasteiger charge is 2.31. The van der Waals surface area contributed by atoms with Crippen molar-refractivity contribution < 1.29 is 22.6 Å². The van der Waals surface area contributed by atoms with Gasteiger partial charge >= 0.3 is 0 Å². The topological polar surface area (TPSA) is 77.4 Å². The van der Waals surface area contributed by atoms with E-state index >= 15 is 0 Å². The van der Waals surface area contributed by atoms with Crippen LogP contribution in [0.25, 0.3) is 0 Å². The van der Waals surface area contributed by atoms with Crippen LogP contribution in [0, 0.1) is 10.5 Å². The number of hydrogen-bond acceptors (Lipinski definition) is 4. The summed E-state index contributed by atoms with van der Waals surface area (Å²) in [5, 5.41) is 9.20. The molecule has 5 nitrogen and oxygen atoms in total. The van der Waals surface area contributed by atoms with Crippen LogP contribution in [0.1, 0.15) is 24.0 Å². The maximum absolute atomic E-state index is 10.4. The minimum absolute atomic E-state index is 0.178. The maximum atomic E-state index is 10.4. The lowest BCUT2D eigenvalue weighted by atomic mass is 10.2. The van der Waals surface area contributed by atoms with Crippen LogP contribution in [-0.2, 0) is 16.7 Å². The average molecular weight is 503 g/mol. The minimum atomic E-state index is -4.27. The van der Waals surface area contributed by atoms with E-state index < -0.39 is 10.1 Å². The van der Waals surface area contributed by atoms with Gasteiger partial charge in [-0.25, -0.2) is 8.42 Å². The number of benzene rings is 2. The van der Waals surface area contributed by atoms with E-state index in [4.69, 9.17) is 0 Å². The lowest BCUT2D eigenvalue weighted by Gasteiger charge is -2.33. The Morgan fingerprint density at radius 1 is 1.04 bits per heavy atom. The van der Waals surface area contributed by atoms with E-state index in [-0.39, 0.29) is 4.90 Å². The van der Waals surface area contributed by atoms with Crippen molar-refractivity contribution in [2.24, 2.45) is 0 Å². The van der Waals surface area contributed by atoms with Gasteiger partial charge in [0.15, 0.2) is 0 Å². The number of quaternary nitrogens is 1. The molecule has 7 heteroatoms. The lowest BCUT2D eigenvalue weighted by Crippen LogP contribution is -2.46. The van der Waals surface area contributed by atoms with Gasteiger partial charge in [0, 0.05) is 22.0 Å². The zero-order valence-corrected chi connectivity index (χ0v) is 18.4. The van der Waals surface area contributed by atoms with E-state index in [1.807, 2.05) is 6.92 Å². The predicted molar refractivity (Wildman–Crippen MR) is 113 cm³/mol. The number of hydrogen-bond donors (Lipinski definition) is 1. The summed E-state index contributed by atoms with van der Waals surface area (Å²) in [6.07, 6.45) is 2.62. The second-order valence-electron chi connectivity index (χ2n) is 6.99. The number of nitrogens with zero attached hydrogens (tertiary/aromatic N) is 1. The van der Waals surface area contributed by atoms with Gasteiger partial charge in [-0.1, -0.05) is 29.8 Å². The van der Waals surface area contributed by atoms with Crippen molar-refractivity contribution in [2.45, 2.75) is 31.2 Å². The second-order valence-corrected chi connectivity index (χ2v) is 9.62. The van der Waals surface area contributed by atoms with Gasteiger partial charge < -0.3 is 14.1 Å². The van der Waals surface area contributed by atoms with Crippen LogP contribution in [0.5, 0.6) is 0 Å². The third kappa shape index (κ3) is 7.15. The fourth-order valence-corrected chi connectivity index (χ4v) is 4.19. The molecule has 0 radical (unpaired) electrons. The molecule has 3 rings (SSSR count). The third-order valence-corrected chi connectivity index (χ3v) is 6.40. The molecular formula is C20H26INO4S. The summed E-state index contributed by atoms with van der Waals surface area (Å²) in [7, 11) is -4.27. The van der Waals surface area contributed by atoms with E-state index in [0.29, 0.717) is 6.61 Å². The van der Waals surface area contributed by atoms with Gasteiger partial charge in [0.2, 0.25) is 0 Å². The van der Waals surface area contributed by atoms with Crippen molar-refractivity contribution in [3.63, 3.8) is 0 Å². The zero-order chi connectivity index (χ0) is 19.9. The van der Waals surface area contributed by atoms with Crippen LogP contribution < -0.4 is 0 Å². The van der Waals surface area contributed by atoms with Gasteiger partial charge in [0.1, 0.15) is 23.2 Å². The smallest absolute Gasteiger partial charge is 0.124 e. The van der Waals surface area contributed by atoms with Crippen LogP contribution in [0.2, 0.25) is 0 Å². The van der Waals surface area contributed by atoms with Crippen LogP contribution in [0.15, 0.2) is 53.4 Å². The van der Waals surface area contributed by atoms with Crippen LogP contribution in [0.3, 0.4) is 0 Å². The van der Waals surface area contributed by atoms with Gasteiger partial charge in [-0.3, -0.25) is 0 Å². The van der Waals surface area contributed by atoms with Crippen molar-refractivity contribution in [2.75, 3.05) is 26.2 Å². The van der Waals surface area contributed by atoms with Crippen LogP contribution in [0.4, 0.5) is 0 Å². The number of aliphatic hydroxyl groups is 1. The van der Waals surface area contributed by atoms with E-state index in [9.17, 15) is 18.1 Å². The molecule has 148 valence electrons. The molecule has 1 aliphatic rings. The first-order chi connectivity index (χ1) is 12.7. The van der Waals surface area contributed by atoms with Crippen molar-refractivity contribution in [3.8, 4) is 0 Å². The summed E-state index contributed by atoms with van der Waals surface area (Å²) in [6, 6.07) is 14.6. The molecule has 0 spiro atoms. The lowest BCUT2D eigenvalue weighted by molar-refractivity contribution is -0.929. The van der Waals surface area contributed by atoms with Crippen molar-refractivity contribution >= 4 is 32.7 Å². The number of halogens is 1. The molecule has 2 aromatic rings. The summed E-state index contributed by atoms with van der Waals surface area (Å²) in [5.74, 6) is 0. The normalized spacial score (nSPS) is 15.9. The molecule has 1 saturated heterocycles. The molecule has 0 bridgehead atoms. The number of aryl methyl sites for hydroxylation is 1. The van der Waals surface area contributed by atoms with Crippen molar-refractivity contribution in [3.05, 3.63) is 63.2 Å². The van der Waals surface area contributed by atoms with Crippen LogP contribution >= 0.6 is 22.6 Å². The first kappa shape index (κ1) is 22.3. The summed E-state index contributed by atoms with van der Waals surface area (Å²) in [6.45, 7) is 6.58. The Morgan fingerprint density at radius 2 is 1.59 bits per heavy atom. The Kier molecular flexibility index (Phi) is 8.23. The predicted octanol–water partition coefficient (Wildman–Crippen LogP) is 3.29. The van der Waals surface area contributed by atoms with Gasteiger partial charge in [0.25, 0.3) is 0 Å². The number of likely N-dealkylation sites (tertiary alicyclic amines) is 1. The standard InChI is InChI=1S/C13H19INO.C7H8O3S/c14-13-5-3-12(4-6-13)11-15(9-10-16)7-1-2-8-15;1-6-2-4-7(5-3-6)11(8,9)10/h3-6,16H,1-2,7-11H2;2-5H,1H3,(H,8,9,10)/q+1;/p-1. The summed E-state index contributed by atoms with van der Waals surface area (Å²) >= 11 is 2.34. The van der Waals surface area contributed by atoms with E-state index in [0.717, 1.165) is 23.1 Å². The Labute approximate surface area is 175 Å². The van der Waals surface area contributed by atoms with Gasteiger partial charge in [-0.05, 0) is 53.8 Å². The summed E-state index contributed by atoms with van der Waals surface area (Å²) in [4.78, 5) is -0.178. The van der Waals surface area contributed by atoms with E-state index in [1.54, 1.807) is 12.1 Å². The molecule has 0 atom stereocenters. The molecule has 0 aromatic heterocycles.